The van der Waals surface area contributed by atoms with Gasteiger partial charge in [0.05, 0.1) is 12.3 Å². The van der Waals surface area contributed by atoms with Gasteiger partial charge in [-0.2, -0.15) is 5.10 Å². The second-order valence-electron chi connectivity index (χ2n) is 7.43. The number of piperazine rings is 1. The number of urea groups is 1. The van der Waals surface area contributed by atoms with E-state index in [9.17, 15) is 4.79 Å². The molecule has 1 saturated heterocycles. The Hall–Kier alpha value is -3.62. The highest BCUT2D eigenvalue weighted by Crippen LogP contribution is 2.19. The van der Waals surface area contributed by atoms with Gasteiger partial charge in [0, 0.05) is 43.6 Å². The Kier molecular flexibility index (Phi) is 6.01. The molecule has 1 N–H and O–H groups in total. The van der Waals surface area contributed by atoms with E-state index in [-0.39, 0.29) is 6.03 Å². The molecule has 0 bridgehead atoms. The summed E-state index contributed by atoms with van der Waals surface area (Å²) in [6, 6.07) is 11.3. The van der Waals surface area contributed by atoms with Crippen LogP contribution in [0.1, 0.15) is 18.3 Å². The van der Waals surface area contributed by atoms with Gasteiger partial charge in [0.2, 0.25) is 0 Å². The molecule has 0 atom stereocenters. The molecule has 3 heterocycles. The first kappa shape index (κ1) is 20.6. The summed E-state index contributed by atoms with van der Waals surface area (Å²) in [4.78, 5) is 25.4. The maximum absolute atomic E-state index is 12.6. The lowest BCUT2D eigenvalue weighted by Crippen LogP contribution is -2.50. The topological polar surface area (TPSA) is 88.4 Å². The number of nitrogens with one attached hydrogen (secondary N) is 1. The van der Waals surface area contributed by atoms with Gasteiger partial charge >= 0.3 is 6.03 Å². The number of carbonyl (C=O) groups excluding carboxylic acids is 1. The Morgan fingerprint density at radius 1 is 1.03 bits per heavy atom. The number of aromatic nitrogens is 4. The van der Waals surface area contributed by atoms with Crippen molar-refractivity contribution in [2.45, 2.75) is 20.8 Å². The number of rotatable bonds is 5. The van der Waals surface area contributed by atoms with Crippen LogP contribution in [0.3, 0.4) is 0 Å². The van der Waals surface area contributed by atoms with Crippen LogP contribution in [-0.4, -0.2) is 63.5 Å². The lowest BCUT2D eigenvalue weighted by atomic mass is 10.3. The fourth-order valence-corrected chi connectivity index (χ4v) is 3.63. The molecule has 31 heavy (non-hydrogen) atoms. The third kappa shape index (κ3) is 4.76. The van der Waals surface area contributed by atoms with Gasteiger partial charge in [0.25, 0.3) is 0 Å². The summed E-state index contributed by atoms with van der Waals surface area (Å²) in [6.45, 7) is 9.15. The molecule has 162 valence electrons. The Morgan fingerprint density at radius 2 is 1.74 bits per heavy atom. The smallest absolute Gasteiger partial charge is 0.321 e. The van der Waals surface area contributed by atoms with Crippen molar-refractivity contribution in [2.75, 3.05) is 43.0 Å². The lowest BCUT2D eigenvalue weighted by molar-refractivity contribution is 0.208. The molecular weight excluding hydrogens is 394 g/mol. The zero-order valence-corrected chi connectivity index (χ0v) is 18.1. The van der Waals surface area contributed by atoms with Crippen LogP contribution in [0.25, 0.3) is 5.82 Å². The molecule has 3 aromatic rings. The summed E-state index contributed by atoms with van der Waals surface area (Å²) in [5.41, 5.74) is 2.73. The van der Waals surface area contributed by atoms with E-state index in [0.717, 1.165) is 34.5 Å². The van der Waals surface area contributed by atoms with Crippen LogP contribution in [0, 0.1) is 13.8 Å². The number of benzene rings is 1. The van der Waals surface area contributed by atoms with Gasteiger partial charge in [-0.05, 0) is 51.1 Å². The molecule has 0 radical (unpaired) electrons. The number of ether oxygens (including phenoxy) is 1. The highest BCUT2D eigenvalue weighted by atomic mass is 16.5. The van der Waals surface area contributed by atoms with Crippen molar-refractivity contribution in [3.8, 4) is 11.6 Å². The van der Waals surface area contributed by atoms with E-state index in [1.807, 2.05) is 66.8 Å². The molecule has 1 aliphatic heterocycles. The van der Waals surface area contributed by atoms with Gasteiger partial charge in [-0.1, -0.05) is 0 Å². The minimum Gasteiger partial charge on any atom is -0.494 e. The average Bonchev–Trinajstić information content (AvgIpc) is 3.13. The Bertz CT molecular complexity index is 1040. The predicted molar refractivity (Wildman–Crippen MR) is 119 cm³/mol. The zero-order valence-electron chi connectivity index (χ0n) is 18.1. The molecule has 0 aliphatic carbocycles. The summed E-state index contributed by atoms with van der Waals surface area (Å²) < 4.78 is 7.26. The highest BCUT2D eigenvalue weighted by molar-refractivity contribution is 5.89. The van der Waals surface area contributed by atoms with Crippen molar-refractivity contribution in [3.05, 3.63) is 54.1 Å². The molecule has 9 nitrogen and oxygen atoms in total. The van der Waals surface area contributed by atoms with Crippen LogP contribution in [0.4, 0.5) is 16.3 Å². The molecule has 1 aliphatic rings. The number of anilines is 2. The SMILES string of the molecule is CCOc1ccc(NC(=O)N2CCN(c3cc(-n4nc(C)cc4C)ncn3)CC2)cc1. The summed E-state index contributed by atoms with van der Waals surface area (Å²) in [7, 11) is 0. The van der Waals surface area contributed by atoms with Crippen LogP contribution in [0.5, 0.6) is 5.75 Å². The number of nitrogens with zero attached hydrogens (tertiary/aromatic N) is 6. The molecule has 0 spiro atoms. The standard InChI is InChI=1S/C22H27N7O2/c1-4-31-19-7-5-18(6-8-19)25-22(30)28-11-9-27(10-12-28)20-14-21(24-15-23-20)29-17(3)13-16(2)26-29/h5-8,13-15H,4,9-12H2,1-3H3,(H,25,30). The normalized spacial score (nSPS) is 13.9. The van der Waals surface area contributed by atoms with Crippen LogP contribution in [-0.2, 0) is 0 Å². The van der Waals surface area contributed by atoms with Gasteiger partial charge < -0.3 is 19.9 Å². The van der Waals surface area contributed by atoms with Gasteiger partial charge in [-0.3, -0.25) is 0 Å². The second kappa shape index (κ2) is 9.03. The molecule has 0 saturated carbocycles. The first-order valence-electron chi connectivity index (χ1n) is 10.4. The van der Waals surface area contributed by atoms with Crippen LogP contribution in [0.2, 0.25) is 0 Å². The van der Waals surface area contributed by atoms with E-state index in [1.165, 1.54) is 0 Å². The Balaban J connectivity index is 1.36. The fraction of sp³-hybridized carbons (Fsp3) is 0.364. The van der Waals surface area contributed by atoms with Gasteiger partial charge in [0.1, 0.15) is 17.9 Å². The molecule has 1 fully saturated rings. The monoisotopic (exact) mass is 421 g/mol. The molecule has 4 rings (SSSR count). The zero-order chi connectivity index (χ0) is 21.8. The molecule has 1 aromatic carbocycles. The first-order chi connectivity index (χ1) is 15.0. The average molecular weight is 422 g/mol. The summed E-state index contributed by atoms with van der Waals surface area (Å²) in [5.74, 6) is 2.37. The van der Waals surface area contributed by atoms with Crippen LogP contribution < -0.4 is 15.0 Å². The van der Waals surface area contributed by atoms with Crippen molar-refractivity contribution < 1.29 is 9.53 Å². The van der Waals surface area contributed by atoms with Gasteiger partial charge in [-0.15, -0.1) is 0 Å². The fourth-order valence-electron chi connectivity index (χ4n) is 3.63. The molecule has 2 amide bonds. The van der Waals surface area contributed by atoms with Crippen molar-refractivity contribution in [2.24, 2.45) is 0 Å². The number of hydrogen-bond acceptors (Lipinski definition) is 6. The van der Waals surface area contributed by atoms with E-state index in [0.29, 0.717) is 32.8 Å². The largest absolute Gasteiger partial charge is 0.494 e. The highest BCUT2D eigenvalue weighted by Gasteiger charge is 2.22. The lowest BCUT2D eigenvalue weighted by Gasteiger charge is -2.35. The van der Waals surface area contributed by atoms with E-state index < -0.39 is 0 Å². The second-order valence-corrected chi connectivity index (χ2v) is 7.43. The molecular formula is C22H27N7O2. The van der Waals surface area contributed by atoms with E-state index >= 15 is 0 Å². The summed E-state index contributed by atoms with van der Waals surface area (Å²) in [6.07, 6.45) is 1.56. The summed E-state index contributed by atoms with van der Waals surface area (Å²) >= 11 is 0. The Labute approximate surface area is 181 Å². The van der Waals surface area contributed by atoms with Crippen molar-refractivity contribution in [3.63, 3.8) is 0 Å². The van der Waals surface area contributed by atoms with Crippen LogP contribution >= 0.6 is 0 Å². The van der Waals surface area contributed by atoms with Gasteiger partial charge in [-0.25, -0.2) is 19.4 Å². The molecule has 2 aromatic heterocycles. The maximum Gasteiger partial charge on any atom is 0.321 e. The summed E-state index contributed by atoms with van der Waals surface area (Å²) in [5, 5.41) is 7.45. The third-order valence-electron chi connectivity index (χ3n) is 5.17. The molecule has 9 heteroatoms. The van der Waals surface area contributed by atoms with E-state index in [1.54, 1.807) is 6.33 Å². The van der Waals surface area contributed by atoms with Crippen LogP contribution in [0.15, 0.2) is 42.7 Å². The number of carbonyl (C=O) groups is 1. The third-order valence-corrected chi connectivity index (χ3v) is 5.17. The number of amides is 2. The van der Waals surface area contributed by atoms with E-state index in [4.69, 9.17) is 4.74 Å². The Morgan fingerprint density at radius 3 is 2.39 bits per heavy atom. The number of hydrogen-bond donors (Lipinski definition) is 1. The van der Waals surface area contributed by atoms with Crippen molar-refractivity contribution in [1.29, 1.82) is 0 Å². The number of aryl methyl sites for hydroxylation is 2. The van der Waals surface area contributed by atoms with E-state index in [2.05, 4.69) is 25.3 Å². The first-order valence-corrected chi connectivity index (χ1v) is 10.4. The minimum atomic E-state index is -0.102. The maximum atomic E-state index is 12.6. The van der Waals surface area contributed by atoms with Crippen molar-refractivity contribution >= 4 is 17.5 Å². The van der Waals surface area contributed by atoms with Gasteiger partial charge in [0.15, 0.2) is 5.82 Å². The molecule has 0 unspecified atom stereocenters. The van der Waals surface area contributed by atoms with Crippen molar-refractivity contribution in [1.82, 2.24) is 24.6 Å². The minimum absolute atomic E-state index is 0.102. The predicted octanol–water partition coefficient (Wildman–Crippen LogP) is 3.03. The quantitative estimate of drug-likeness (QED) is 0.681.